The number of likely N-dealkylation sites (N-methyl/N-ethyl adjacent to an activating group) is 1. The normalized spacial score (nSPS) is 14.4. The van der Waals surface area contributed by atoms with Gasteiger partial charge in [-0.15, -0.1) is 0 Å². The van der Waals surface area contributed by atoms with Crippen molar-refractivity contribution in [2.75, 3.05) is 47.5 Å². The SMILES string of the molecule is CCCCC/C=C/C/C=C/C/C=C/C/C=C/C/C=C/CCC(=O)OC[C@H](COP(=O)([O-])OCC[N+](C)(C)C)OC(=O)CCCCCC/C=C/C/C=C/C/C=C/CCCCC. The third-order valence-corrected chi connectivity index (χ3v) is 10.1. The van der Waals surface area contributed by atoms with Crippen LogP contribution in [0.1, 0.15) is 155 Å². The molecular formula is C50H84NO8P. The van der Waals surface area contributed by atoms with Crippen molar-refractivity contribution in [1.82, 2.24) is 0 Å². The number of rotatable bonds is 40. The molecule has 2 atom stereocenters. The zero-order valence-corrected chi connectivity index (χ0v) is 39.3. The number of quaternary nitrogens is 1. The van der Waals surface area contributed by atoms with E-state index < -0.39 is 32.5 Å². The summed E-state index contributed by atoms with van der Waals surface area (Å²) in [6.07, 6.45) is 54.5. The summed E-state index contributed by atoms with van der Waals surface area (Å²) in [6.45, 7) is 4.03. The van der Waals surface area contributed by atoms with Gasteiger partial charge >= 0.3 is 11.9 Å². The van der Waals surface area contributed by atoms with Gasteiger partial charge in [-0.3, -0.25) is 14.2 Å². The van der Waals surface area contributed by atoms with E-state index in [0.717, 1.165) is 64.2 Å². The second-order valence-corrected chi connectivity index (χ2v) is 17.5. The maximum Gasteiger partial charge on any atom is 0.306 e. The summed E-state index contributed by atoms with van der Waals surface area (Å²) in [5.41, 5.74) is 0. The van der Waals surface area contributed by atoms with E-state index in [2.05, 4.69) is 98.9 Å². The van der Waals surface area contributed by atoms with E-state index in [-0.39, 0.29) is 26.1 Å². The molecule has 0 radical (unpaired) electrons. The number of nitrogens with zero attached hydrogens (tertiary/aromatic N) is 1. The average molecular weight is 858 g/mol. The van der Waals surface area contributed by atoms with Crippen LogP contribution >= 0.6 is 7.82 Å². The predicted molar refractivity (Wildman–Crippen MR) is 249 cm³/mol. The minimum atomic E-state index is -4.66. The van der Waals surface area contributed by atoms with Crippen LogP contribution < -0.4 is 4.89 Å². The molecule has 0 N–H and O–H groups in total. The first-order chi connectivity index (χ1) is 29.0. The smallest absolute Gasteiger partial charge is 0.306 e. The van der Waals surface area contributed by atoms with Crippen molar-refractivity contribution in [2.45, 2.75) is 161 Å². The Morgan fingerprint density at radius 1 is 0.517 bits per heavy atom. The highest BCUT2D eigenvalue weighted by atomic mass is 31.2. The van der Waals surface area contributed by atoms with Gasteiger partial charge in [-0.2, -0.15) is 0 Å². The number of phosphoric acid groups is 1. The highest BCUT2D eigenvalue weighted by molar-refractivity contribution is 7.45. The van der Waals surface area contributed by atoms with Gasteiger partial charge < -0.3 is 27.9 Å². The van der Waals surface area contributed by atoms with E-state index in [0.29, 0.717) is 23.9 Å². The Morgan fingerprint density at radius 2 is 0.933 bits per heavy atom. The lowest BCUT2D eigenvalue weighted by molar-refractivity contribution is -0.870. The minimum Gasteiger partial charge on any atom is -0.756 e. The summed E-state index contributed by atoms with van der Waals surface area (Å²) < 4.78 is 33.8. The van der Waals surface area contributed by atoms with E-state index in [9.17, 15) is 19.0 Å². The molecule has 0 amide bonds. The van der Waals surface area contributed by atoms with Gasteiger partial charge in [0, 0.05) is 12.8 Å². The quantitative estimate of drug-likeness (QED) is 0.0197. The van der Waals surface area contributed by atoms with Gasteiger partial charge in [-0.25, -0.2) is 0 Å². The zero-order chi connectivity index (χ0) is 44.3. The summed E-state index contributed by atoms with van der Waals surface area (Å²) >= 11 is 0. The van der Waals surface area contributed by atoms with Crippen molar-refractivity contribution in [3.05, 3.63) is 97.2 Å². The van der Waals surface area contributed by atoms with Crippen molar-refractivity contribution >= 4 is 19.8 Å². The Morgan fingerprint density at radius 3 is 1.38 bits per heavy atom. The summed E-state index contributed by atoms with van der Waals surface area (Å²) in [6, 6.07) is 0. The number of hydrogen-bond acceptors (Lipinski definition) is 8. The number of ether oxygens (including phenoxy) is 2. The van der Waals surface area contributed by atoms with E-state index in [1.807, 2.05) is 33.3 Å². The predicted octanol–water partition coefficient (Wildman–Crippen LogP) is 12.7. The summed E-state index contributed by atoms with van der Waals surface area (Å²) in [7, 11) is 1.09. The van der Waals surface area contributed by atoms with Crippen molar-refractivity contribution in [3.8, 4) is 0 Å². The van der Waals surface area contributed by atoms with Gasteiger partial charge in [-0.05, 0) is 89.9 Å². The van der Waals surface area contributed by atoms with Crippen LogP contribution in [0.2, 0.25) is 0 Å². The van der Waals surface area contributed by atoms with Crippen LogP contribution in [-0.4, -0.2) is 70.0 Å². The van der Waals surface area contributed by atoms with Gasteiger partial charge in [0.1, 0.15) is 19.8 Å². The molecule has 0 spiro atoms. The van der Waals surface area contributed by atoms with Gasteiger partial charge in [-0.1, -0.05) is 150 Å². The van der Waals surface area contributed by atoms with Gasteiger partial charge in [0.25, 0.3) is 7.82 Å². The third-order valence-electron chi connectivity index (χ3n) is 9.09. The molecule has 0 aromatic rings. The first-order valence-corrected chi connectivity index (χ1v) is 24.4. The van der Waals surface area contributed by atoms with Crippen molar-refractivity contribution in [2.24, 2.45) is 0 Å². The van der Waals surface area contributed by atoms with Gasteiger partial charge in [0.2, 0.25) is 0 Å². The molecule has 0 aromatic carbocycles. The molecule has 0 rings (SSSR count). The Bertz CT molecular complexity index is 1340. The number of carbonyl (C=O) groups is 2. The number of phosphoric ester groups is 1. The second kappa shape index (κ2) is 41.3. The fourth-order valence-electron chi connectivity index (χ4n) is 5.47. The molecule has 0 bridgehead atoms. The summed E-state index contributed by atoms with van der Waals surface area (Å²) in [4.78, 5) is 37.5. The molecular weight excluding hydrogens is 774 g/mol. The second-order valence-electron chi connectivity index (χ2n) is 16.1. The van der Waals surface area contributed by atoms with Crippen LogP contribution in [0.25, 0.3) is 0 Å². The van der Waals surface area contributed by atoms with Crippen LogP contribution in [0.5, 0.6) is 0 Å². The van der Waals surface area contributed by atoms with Crippen molar-refractivity contribution in [1.29, 1.82) is 0 Å². The molecule has 1 unspecified atom stereocenters. The molecule has 10 heteroatoms. The highest BCUT2D eigenvalue weighted by Gasteiger charge is 2.21. The van der Waals surface area contributed by atoms with Crippen LogP contribution in [0.3, 0.4) is 0 Å². The van der Waals surface area contributed by atoms with Crippen molar-refractivity contribution in [3.63, 3.8) is 0 Å². The molecule has 342 valence electrons. The first kappa shape index (κ1) is 56.9. The molecule has 0 aliphatic heterocycles. The Balaban J connectivity index is 4.53. The molecule has 60 heavy (non-hydrogen) atoms. The summed E-state index contributed by atoms with van der Waals surface area (Å²) in [5, 5.41) is 0. The molecule has 0 aromatic heterocycles. The monoisotopic (exact) mass is 858 g/mol. The fraction of sp³-hybridized carbons (Fsp3) is 0.640. The van der Waals surface area contributed by atoms with E-state index in [4.69, 9.17) is 18.5 Å². The largest absolute Gasteiger partial charge is 0.756 e. The Hall–Kier alpha value is -3.07. The number of esters is 2. The number of carbonyl (C=O) groups excluding carboxylic acids is 2. The van der Waals surface area contributed by atoms with Gasteiger partial charge in [0.15, 0.2) is 6.10 Å². The van der Waals surface area contributed by atoms with Crippen LogP contribution in [0.4, 0.5) is 0 Å². The summed E-state index contributed by atoms with van der Waals surface area (Å²) in [5.74, 6) is -0.966. The zero-order valence-electron chi connectivity index (χ0n) is 38.4. The maximum atomic E-state index is 12.7. The lowest BCUT2D eigenvalue weighted by Gasteiger charge is -2.28. The molecule has 9 nitrogen and oxygen atoms in total. The van der Waals surface area contributed by atoms with Crippen molar-refractivity contribution < 1.29 is 42.1 Å². The van der Waals surface area contributed by atoms with E-state index >= 15 is 0 Å². The molecule has 0 aliphatic rings. The lowest BCUT2D eigenvalue weighted by atomic mass is 10.1. The Kier molecular flexibility index (Phi) is 39.2. The maximum absolute atomic E-state index is 12.7. The minimum absolute atomic E-state index is 0.0520. The van der Waals surface area contributed by atoms with Gasteiger partial charge in [0.05, 0.1) is 27.7 Å². The molecule has 0 heterocycles. The highest BCUT2D eigenvalue weighted by Crippen LogP contribution is 2.38. The number of unbranched alkanes of at least 4 members (excludes halogenated alkanes) is 10. The molecule has 0 aliphatic carbocycles. The van der Waals surface area contributed by atoms with E-state index in [1.165, 1.54) is 51.4 Å². The molecule has 0 saturated heterocycles. The van der Waals surface area contributed by atoms with Crippen LogP contribution in [0, 0.1) is 0 Å². The number of allylic oxidation sites excluding steroid dienone is 16. The topological polar surface area (TPSA) is 111 Å². The van der Waals surface area contributed by atoms with Crippen LogP contribution in [0.15, 0.2) is 97.2 Å². The molecule has 0 fully saturated rings. The fourth-order valence-corrected chi connectivity index (χ4v) is 6.19. The van der Waals surface area contributed by atoms with E-state index in [1.54, 1.807) is 0 Å². The van der Waals surface area contributed by atoms with Crippen LogP contribution in [-0.2, 0) is 32.7 Å². The third kappa shape index (κ3) is 44.5. The number of hydrogen-bond donors (Lipinski definition) is 0. The standard InChI is InChI=1S/C50H84NO8P/c1-6-8-10-12-14-16-18-20-22-24-25-27-28-30-32-34-36-38-40-42-49(52)56-46-48(47-58-60(54,55)57-45-44-51(3,4)5)59-50(53)43-41-39-37-35-33-31-29-26-23-21-19-17-15-13-11-9-7-2/h14-17,20-23,25,27,29-32,36,38,48H,6-13,18-19,24,26,28,33-35,37,39-47H2,1-5H3/b16-14+,17-15+,22-20+,23-21+,27-25+,31-29+,32-30+,38-36+/t48-/m1/s1. The lowest BCUT2D eigenvalue weighted by Crippen LogP contribution is -2.37. The first-order valence-electron chi connectivity index (χ1n) is 22.9. The average Bonchev–Trinajstić information content (AvgIpc) is 3.20. The Labute approximate surface area is 366 Å². The molecule has 0 saturated carbocycles.